The maximum Gasteiger partial charge on any atom is 0.296 e. The van der Waals surface area contributed by atoms with Crippen molar-refractivity contribution < 1.29 is 22.1 Å². The first-order valence-electron chi connectivity index (χ1n) is 9.30. The minimum absolute atomic E-state index is 0.0416. The first-order chi connectivity index (χ1) is 12.3. The highest BCUT2D eigenvalue weighted by molar-refractivity contribution is 7.86. The van der Waals surface area contributed by atoms with Gasteiger partial charge in [-0.05, 0) is 50.0 Å². The van der Waals surface area contributed by atoms with E-state index in [1.807, 2.05) is 6.92 Å². The van der Waals surface area contributed by atoms with Gasteiger partial charge in [0.05, 0.1) is 17.6 Å². The molecule has 0 aliphatic carbocycles. The Balaban J connectivity index is 2.33. The standard InChI is InChI=1S/C20H34O5SSi/c1-17-10-12-19(13-11-17)26(22,23)24-15-8-7-9-18(21)14-16-25-27(5,6)20(2,3)4/h7,9-13,18,21H,8,14-16H2,1-6H3/b9-7-. The SMILES string of the molecule is Cc1ccc(S(=O)(=O)OCC/C=C\C(O)CCO[Si](C)(C)C(C)(C)C)cc1. The van der Waals surface area contributed by atoms with Gasteiger partial charge in [-0.2, -0.15) is 8.42 Å². The van der Waals surface area contributed by atoms with Gasteiger partial charge in [0.2, 0.25) is 0 Å². The maximum absolute atomic E-state index is 12.0. The van der Waals surface area contributed by atoms with Gasteiger partial charge in [0.15, 0.2) is 8.32 Å². The molecular formula is C20H34O5SSi. The molecule has 0 heterocycles. The van der Waals surface area contributed by atoms with Crippen LogP contribution in [0.15, 0.2) is 41.3 Å². The van der Waals surface area contributed by atoms with Gasteiger partial charge in [-0.3, -0.25) is 4.18 Å². The summed E-state index contributed by atoms with van der Waals surface area (Å²) in [5.74, 6) is 0. The molecule has 1 rings (SSSR count). The van der Waals surface area contributed by atoms with E-state index in [4.69, 9.17) is 8.61 Å². The summed E-state index contributed by atoms with van der Waals surface area (Å²) >= 11 is 0. The van der Waals surface area contributed by atoms with Crippen LogP contribution in [0.4, 0.5) is 0 Å². The molecule has 27 heavy (non-hydrogen) atoms. The van der Waals surface area contributed by atoms with E-state index in [2.05, 4.69) is 33.9 Å². The van der Waals surface area contributed by atoms with Crippen molar-refractivity contribution in [2.24, 2.45) is 0 Å². The van der Waals surface area contributed by atoms with Gasteiger partial charge < -0.3 is 9.53 Å². The number of hydrogen-bond donors (Lipinski definition) is 1. The summed E-state index contributed by atoms with van der Waals surface area (Å²) in [5.41, 5.74) is 0.989. The summed E-state index contributed by atoms with van der Waals surface area (Å²) in [5, 5.41) is 10.1. The summed E-state index contributed by atoms with van der Waals surface area (Å²) in [4.78, 5) is 0.153. The van der Waals surface area contributed by atoms with E-state index in [1.54, 1.807) is 24.3 Å². The Kier molecular flexibility index (Phi) is 8.89. The van der Waals surface area contributed by atoms with Crippen molar-refractivity contribution in [1.82, 2.24) is 0 Å². The Morgan fingerprint density at radius 1 is 1.15 bits per heavy atom. The van der Waals surface area contributed by atoms with E-state index in [9.17, 15) is 13.5 Å². The van der Waals surface area contributed by atoms with Gasteiger partial charge in [-0.15, -0.1) is 0 Å². The van der Waals surface area contributed by atoms with Gasteiger partial charge in [-0.1, -0.05) is 50.6 Å². The average Bonchev–Trinajstić information content (AvgIpc) is 2.53. The van der Waals surface area contributed by atoms with Crippen LogP contribution in [0.5, 0.6) is 0 Å². The van der Waals surface area contributed by atoms with Crippen LogP contribution in [-0.2, 0) is 18.7 Å². The van der Waals surface area contributed by atoms with Crippen LogP contribution in [0.2, 0.25) is 18.1 Å². The minimum Gasteiger partial charge on any atom is -0.417 e. The Morgan fingerprint density at radius 3 is 2.30 bits per heavy atom. The number of hydrogen-bond acceptors (Lipinski definition) is 5. The molecule has 0 aliphatic heterocycles. The Labute approximate surface area is 165 Å². The number of benzene rings is 1. The van der Waals surface area contributed by atoms with Crippen LogP contribution in [0.25, 0.3) is 0 Å². The molecule has 1 aromatic carbocycles. The quantitative estimate of drug-likeness (QED) is 0.265. The molecule has 1 atom stereocenters. The molecule has 7 heteroatoms. The molecule has 1 aromatic rings. The highest BCUT2D eigenvalue weighted by atomic mass is 32.2. The fourth-order valence-corrected chi connectivity index (χ4v) is 3.98. The van der Waals surface area contributed by atoms with Gasteiger partial charge in [0.1, 0.15) is 0 Å². The molecule has 0 fully saturated rings. The molecule has 5 nitrogen and oxygen atoms in total. The number of rotatable bonds is 10. The third kappa shape index (κ3) is 8.27. The Bertz CT molecular complexity index is 703. The van der Waals surface area contributed by atoms with Crippen LogP contribution in [0, 0.1) is 6.92 Å². The van der Waals surface area contributed by atoms with Crippen molar-refractivity contribution in [3.8, 4) is 0 Å². The number of aliphatic hydroxyl groups excluding tert-OH is 1. The second-order valence-electron chi connectivity index (χ2n) is 8.27. The molecule has 0 saturated heterocycles. The third-order valence-corrected chi connectivity index (χ3v) is 10.7. The van der Waals surface area contributed by atoms with Crippen molar-refractivity contribution in [2.75, 3.05) is 13.2 Å². The monoisotopic (exact) mass is 414 g/mol. The Morgan fingerprint density at radius 2 is 1.74 bits per heavy atom. The fourth-order valence-electron chi connectivity index (χ4n) is 2.00. The molecule has 1 N–H and O–H groups in total. The first kappa shape index (κ1) is 24.0. The van der Waals surface area contributed by atoms with Gasteiger partial charge in [0.25, 0.3) is 10.1 Å². The summed E-state index contributed by atoms with van der Waals surface area (Å²) in [6.45, 7) is 13.4. The van der Waals surface area contributed by atoms with Crippen molar-refractivity contribution in [1.29, 1.82) is 0 Å². The smallest absolute Gasteiger partial charge is 0.296 e. The van der Waals surface area contributed by atoms with Crippen LogP contribution in [0.3, 0.4) is 0 Å². The van der Waals surface area contributed by atoms with E-state index >= 15 is 0 Å². The average molecular weight is 415 g/mol. The lowest BCUT2D eigenvalue weighted by Gasteiger charge is -2.36. The topological polar surface area (TPSA) is 72.8 Å². The molecule has 1 unspecified atom stereocenters. The lowest BCUT2D eigenvalue weighted by molar-refractivity contribution is 0.172. The highest BCUT2D eigenvalue weighted by Crippen LogP contribution is 2.36. The summed E-state index contributed by atoms with van der Waals surface area (Å²) in [6.07, 6.45) is 3.72. The molecule has 0 spiro atoms. The van der Waals surface area contributed by atoms with Crippen molar-refractivity contribution in [3.63, 3.8) is 0 Å². The predicted molar refractivity (Wildman–Crippen MR) is 112 cm³/mol. The normalized spacial score (nSPS) is 14.6. The molecule has 0 bridgehead atoms. The second kappa shape index (κ2) is 9.98. The lowest BCUT2D eigenvalue weighted by Crippen LogP contribution is -2.41. The van der Waals surface area contributed by atoms with E-state index in [1.165, 1.54) is 12.1 Å². The predicted octanol–water partition coefficient (Wildman–Crippen LogP) is 4.42. The Hall–Kier alpha value is -0.993. The molecule has 154 valence electrons. The summed E-state index contributed by atoms with van der Waals surface area (Å²) in [6, 6.07) is 6.54. The van der Waals surface area contributed by atoms with Crippen LogP contribution in [0.1, 0.15) is 39.2 Å². The number of aryl methyl sites for hydroxylation is 1. The van der Waals surface area contributed by atoms with E-state index in [-0.39, 0.29) is 16.5 Å². The van der Waals surface area contributed by atoms with Gasteiger partial charge in [-0.25, -0.2) is 0 Å². The number of aliphatic hydroxyl groups is 1. The van der Waals surface area contributed by atoms with E-state index < -0.39 is 24.5 Å². The largest absolute Gasteiger partial charge is 0.417 e. The van der Waals surface area contributed by atoms with Crippen molar-refractivity contribution in [2.45, 2.75) is 69.7 Å². The van der Waals surface area contributed by atoms with Crippen molar-refractivity contribution in [3.05, 3.63) is 42.0 Å². The molecule has 0 aliphatic rings. The molecule has 0 radical (unpaired) electrons. The molecule has 0 saturated carbocycles. The van der Waals surface area contributed by atoms with Crippen LogP contribution >= 0.6 is 0 Å². The summed E-state index contributed by atoms with van der Waals surface area (Å²) in [7, 11) is -5.53. The summed E-state index contributed by atoms with van der Waals surface area (Å²) < 4.78 is 35.2. The van der Waals surface area contributed by atoms with Crippen LogP contribution < -0.4 is 0 Å². The zero-order chi connectivity index (χ0) is 20.7. The second-order valence-corrected chi connectivity index (χ2v) is 14.7. The van der Waals surface area contributed by atoms with E-state index in [0.29, 0.717) is 19.4 Å². The molecule has 0 amide bonds. The minimum atomic E-state index is -3.73. The van der Waals surface area contributed by atoms with Crippen molar-refractivity contribution >= 4 is 18.4 Å². The van der Waals surface area contributed by atoms with E-state index in [0.717, 1.165) is 5.56 Å². The molecule has 0 aromatic heterocycles. The third-order valence-electron chi connectivity index (χ3n) is 4.87. The maximum atomic E-state index is 12.0. The fraction of sp³-hybridized carbons (Fsp3) is 0.600. The van der Waals surface area contributed by atoms with Gasteiger partial charge >= 0.3 is 0 Å². The van der Waals surface area contributed by atoms with Crippen LogP contribution in [-0.4, -0.2) is 41.2 Å². The zero-order valence-corrected chi connectivity index (χ0v) is 19.2. The zero-order valence-electron chi connectivity index (χ0n) is 17.4. The first-order valence-corrected chi connectivity index (χ1v) is 13.6. The lowest BCUT2D eigenvalue weighted by atomic mass is 10.2. The highest BCUT2D eigenvalue weighted by Gasteiger charge is 2.36. The van der Waals surface area contributed by atoms with Gasteiger partial charge in [0, 0.05) is 6.61 Å². The molecular weight excluding hydrogens is 380 g/mol.